The second kappa shape index (κ2) is 5.69. The van der Waals surface area contributed by atoms with Gasteiger partial charge in [-0.2, -0.15) is 0 Å². The molecule has 22 heavy (non-hydrogen) atoms. The van der Waals surface area contributed by atoms with Crippen molar-refractivity contribution in [2.24, 2.45) is 23.7 Å². The van der Waals surface area contributed by atoms with Crippen LogP contribution in [0, 0.1) is 23.7 Å². The number of piperidine rings is 1. The highest BCUT2D eigenvalue weighted by Gasteiger charge is 2.51. The maximum Gasteiger partial charge on any atom is 0.309 e. The number of hydrogen-bond donors (Lipinski definition) is 1. The Labute approximate surface area is 132 Å². The first kappa shape index (κ1) is 14.3. The van der Waals surface area contributed by atoms with E-state index in [0.717, 1.165) is 30.0 Å². The Bertz CT molecular complexity index is 534. The number of rotatable bonds is 4. The zero-order chi connectivity index (χ0) is 15.1. The summed E-state index contributed by atoms with van der Waals surface area (Å²) in [7, 11) is 0. The number of nitrogens with one attached hydrogen (secondary N) is 1. The number of carbonyl (C=O) groups is 1. The molecule has 3 fully saturated rings. The Hall–Kier alpha value is -1.35. The van der Waals surface area contributed by atoms with Gasteiger partial charge in [0.2, 0.25) is 0 Å². The van der Waals surface area contributed by atoms with Crippen molar-refractivity contribution in [2.75, 3.05) is 0 Å². The molecule has 1 aromatic carbocycles. The molecule has 3 nitrogen and oxygen atoms in total. The standard InChI is InChI=1S/C19H25NO2/c1-12-7-15(14-9-17-18(10-14)20-17)16(8-12)19(21)22-11-13-5-3-2-4-6-13/h2-6,12,14-18,20H,7-11H2,1H3. The normalized spacial score (nSPS) is 39.5. The van der Waals surface area contributed by atoms with Crippen molar-refractivity contribution in [3.8, 4) is 0 Å². The van der Waals surface area contributed by atoms with Crippen molar-refractivity contribution < 1.29 is 9.53 Å². The van der Waals surface area contributed by atoms with E-state index in [2.05, 4.69) is 12.2 Å². The van der Waals surface area contributed by atoms with Crippen LogP contribution in [0.3, 0.4) is 0 Å². The largest absolute Gasteiger partial charge is 0.461 e. The predicted octanol–water partition coefficient (Wildman–Crippen LogP) is 3.14. The Morgan fingerprint density at radius 3 is 2.59 bits per heavy atom. The molecule has 3 heteroatoms. The monoisotopic (exact) mass is 299 g/mol. The first-order chi connectivity index (χ1) is 10.7. The van der Waals surface area contributed by atoms with Gasteiger partial charge in [-0.3, -0.25) is 4.79 Å². The topological polar surface area (TPSA) is 48.2 Å². The average molecular weight is 299 g/mol. The van der Waals surface area contributed by atoms with Crippen molar-refractivity contribution in [3.63, 3.8) is 0 Å². The minimum Gasteiger partial charge on any atom is -0.461 e. The lowest BCUT2D eigenvalue weighted by Gasteiger charge is -2.25. The first-order valence-electron chi connectivity index (χ1n) is 8.67. The molecule has 1 heterocycles. The van der Waals surface area contributed by atoms with Gasteiger partial charge in [-0.05, 0) is 49.0 Å². The summed E-state index contributed by atoms with van der Waals surface area (Å²) in [5.41, 5.74) is 1.07. The van der Waals surface area contributed by atoms with Gasteiger partial charge in [0.1, 0.15) is 6.61 Å². The molecule has 3 aliphatic rings. The predicted molar refractivity (Wildman–Crippen MR) is 85.1 cm³/mol. The summed E-state index contributed by atoms with van der Waals surface area (Å²) in [6.07, 6.45) is 4.75. The first-order valence-corrected chi connectivity index (χ1v) is 8.67. The van der Waals surface area contributed by atoms with Gasteiger partial charge in [-0.15, -0.1) is 0 Å². The minimum atomic E-state index is 0.0340. The van der Waals surface area contributed by atoms with Gasteiger partial charge in [0, 0.05) is 12.1 Å². The fourth-order valence-corrected chi connectivity index (χ4v) is 4.74. The summed E-state index contributed by atoms with van der Waals surface area (Å²) in [5.74, 6) is 2.10. The number of hydrogen-bond acceptors (Lipinski definition) is 3. The number of benzene rings is 1. The van der Waals surface area contributed by atoms with E-state index in [4.69, 9.17) is 4.74 Å². The summed E-state index contributed by atoms with van der Waals surface area (Å²) >= 11 is 0. The molecule has 1 saturated heterocycles. The zero-order valence-electron chi connectivity index (χ0n) is 13.2. The Morgan fingerprint density at radius 1 is 1.14 bits per heavy atom. The van der Waals surface area contributed by atoms with Gasteiger partial charge in [0.15, 0.2) is 0 Å². The van der Waals surface area contributed by atoms with Crippen LogP contribution in [0.15, 0.2) is 30.3 Å². The summed E-state index contributed by atoms with van der Waals surface area (Å²) in [6, 6.07) is 11.5. The van der Waals surface area contributed by atoms with Crippen LogP contribution in [0.4, 0.5) is 0 Å². The van der Waals surface area contributed by atoms with E-state index in [1.54, 1.807) is 0 Å². The molecule has 5 atom stereocenters. The molecule has 1 N–H and O–H groups in total. The Morgan fingerprint density at radius 2 is 1.86 bits per heavy atom. The van der Waals surface area contributed by atoms with Gasteiger partial charge in [-0.25, -0.2) is 0 Å². The smallest absolute Gasteiger partial charge is 0.309 e. The van der Waals surface area contributed by atoms with Crippen molar-refractivity contribution >= 4 is 5.97 Å². The van der Waals surface area contributed by atoms with Crippen LogP contribution in [0.25, 0.3) is 0 Å². The molecule has 0 aromatic heterocycles. The lowest BCUT2D eigenvalue weighted by atomic mass is 9.82. The van der Waals surface area contributed by atoms with Crippen LogP contribution < -0.4 is 5.32 Å². The minimum absolute atomic E-state index is 0.0340. The van der Waals surface area contributed by atoms with E-state index in [-0.39, 0.29) is 11.9 Å². The Kier molecular flexibility index (Phi) is 3.69. The van der Waals surface area contributed by atoms with Crippen LogP contribution in [0.2, 0.25) is 0 Å². The van der Waals surface area contributed by atoms with Crippen molar-refractivity contribution in [1.82, 2.24) is 5.32 Å². The molecule has 0 amide bonds. The molecule has 2 aliphatic carbocycles. The SMILES string of the molecule is CC1CC(C(=O)OCc2ccccc2)C(C2CC3NC3C2)C1. The van der Waals surface area contributed by atoms with Crippen molar-refractivity contribution in [1.29, 1.82) is 0 Å². The molecule has 4 rings (SSSR count). The molecule has 0 radical (unpaired) electrons. The number of carbonyl (C=O) groups excluding carboxylic acids is 1. The van der Waals surface area contributed by atoms with Gasteiger partial charge in [0.25, 0.3) is 0 Å². The van der Waals surface area contributed by atoms with Gasteiger partial charge >= 0.3 is 5.97 Å². The molecule has 1 aliphatic heterocycles. The maximum absolute atomic E-state index is 12.6. The molecule has 5 unspecified atom stereocenters. The second-order valence-corrected chi connectivity index (χ2v) is 7.55. The molecule has 0 bridgehead atoms. The number of fused-ring (bicyclic) bond motifs is 1. The maximum atomic E-state index is 12.6. The van der Waals surface area contributed by atoms with E-state index in [0.29, 0.717) is 18.4 Å². The van der Waals surface area contributed by atoms with Crippen LogP contribution in [0.5, 0.6) is 0 Å². The van der Waals surface area contributed by atoms with Crippen molar-refractivity contribution in [3.05, 3.63) is 35.9 Å². The number of ether oxygens (including phenoxy) is 1. The van der Waals surface area contributed by atoms with E-state index >= 15 is 0 Å². The van der Waals surface area contributed by atoms with Crippen LogP contribution in [-0.2, 0) is 16.1 Å². The summed E-state index contributed by atoms with van der Waals surface area (Å²) in [6.45, 7) is 2.69. The summed E-state index contributed by atoms with van der Waals surface area (Å²) < 4.78 is 5.63. The molecule has 1 aromatic rings. The van der Waals surface area contributed by atoms with E-state index in [9.17, 15) is 4.79 Å². The fourth-order valence-electron chi connectivity index (χ4n) is 4.74. The van der Waals surface area contributed by atoms with Gasteiger partial charge < -0.3 is 10.1 Å². The van der Waals surface area contributed by atoms with Gasteiger partial charge in [-0.1, -0.05) is 37.3 Å². The molecule has 2 saturated carbocycles. The van der Waals surface area contributed by atoms with Crippen LogP contribution in [-0.4, -0.2) is 18.1 Å². The van der Waals surface area contributed by atoms with E-state index in [1.807, 2.05) is 30.3 Å². The molecule has 0 spiro atoms. The zero-order valence-corrected chi connectivity index (χ0v) is 13.2. The van der Waals surface area contributed by atoms with E-state index < -0.39 is 0 Å². The summed E-state index contributed by atoms with van der Waals surface area (Å²) in [5, 5.41) is 3.51. The van der Waals surface area contributed by atoms with E-state index in [1.165, 1.54) is 19.3 Å². The quantitative estimate of drug-likeness (QED) is 0.686. The highest BCUT2D eigenvalue weighted by molar-refractivity contribution is 5.73. The Balaban J connectivity index is 1.37. The van der Waals surface area contributed by atoms with Crippen molar-refractivity contribution in [2.45, 2.75) is 51.3 Å². The highest BCUT2D eigenvalue weighted by Crippen LogP contribution is 2.49. The highest BCUT2D eigenvalue weighted by atomic mass is 16.5. The third kappa shape index (κ3) is 2.79. The third-order valence-electron chi connectivity index (χ3n) is 5.90. The fraction of sp³-hybridized carbons (Fsp3) is 0.632. The third-order valence-corrected chi connectivity index (χ3v) is 5.90. The average Bonchev–Trinajstić information content (AvgIpc) is 2.96. The summed E-state index contributed by atoms with van der Waals surface area (Å²) in [4.78, 5) is 12.6. The van der Waals surface area contributed by atoms with Crippen LogP contribution in [0.1, 0.15) is 38.2 Å². The van der Waals surface area contributed by atoms with Gasteiger partial charge in [0.05, 0.1) is 5.92 Å². The molecule has 118 valence electrons. The molecular formula is C19H25NO2. The number of esters is 1. The second-order valence-electron chi connectivity index (χ2n) is 7.55. The lowest BCUT2D eigenvalue weighted by Crippen LogP contribution is -2.27. The van der Waals surface area contributed by atoms with Crippen LogP contribution >= 0.6 is 0 Å². The lowest BCUT2D eigenvalue weighted by molar-refractivity contribution is -0.152. The molecular weight excluding hydrogens is 274 g/mol.